The number of thioether (sulfide) groups is 1. The number of benzene rings is 2. The first-order valence-corrected chi connectivity index (χ1v) is 14.4. The molecule has 0 saturated carbocycles. The number of halogens is 1. The number of aliphatic hydroxyl groups excluding tert-OH is 1. The van der Waals surface area contributed by atoms with Crippen molar-refractivity contribution in [1.82, 2.24) is 0 Å². The highest BCUT2D eigenvalue weighted by atomic mass is 32.2. The fraction of sp³-hybridized carbons (Fsp3) is 0.500. The van der Waals surface area contributed by atoms with Crippen LogP contribution in [0, 0.1) is 11.7 Å². The minimum absolute atomic E-state index is 0.0859. The molecule has 2 aromatic carbocycles. The van der Waals surface area contributed by atoms with E-state index >= 15 is 0 Å². The van der Waals surface area contributed by atoms with Crippen LogP contribution in [-0.2, 0) is 23.1 Å². The molecule has 2 aromatic rings. The lowest BCUT2D eigenvalue weighted by molar-refractivity contribution is -0.143. The lowest BCUT2D eigenvalue weighted by Gasteiger charge is -2.36. The van der Waals surface area contributed by atoms with Gasteiger partial charge in [0.25, 0.3) is 0 Å². The normalized spacial score (nSPS) is 15.4. The molecular weight excluding hydrogens is 490 g/mol. The summed E-state index contributed by atoms with van der Waals surface area (Å²) in [5.74, 6) is -1.40. The minimum Gasteiger partial charge on any atom is -0.465 e. The zero-order chi connectivity index (χ0) is 26.0. The number of hydrogen-bond donors (Lipinski definition) is 1. The number of ether oxygens (including phenoxy) is 1. The first kappa shape index (κ1) is 29.5. The van der Waals surface area contributed by atoms with Gasteiger partial charge in [-0.3, -0.25) is 9.36 Å². The van der Waals surface area contributed by atoms with E-state index in [0.717, 1.165) is 5.56 Å². The van der Waals surface area contributed by atoms with Gasteiger partial charge < -0.3 is 18.9 Å². The van der Waals surface area contributed by atoms with E-state index < -0.39 is 41.6 Å². The number of carbonyl (C=O) groups is 1. The van der Waals surface area contributed by atoms with Gasteiger partial charge in [-0.15, -0.1) is 11.8 Å². The summed E-state index contributed by atoms with van der Waals surface area (Å²) >= 11 is 1.25. The van der Waals surface area contributed by atoms with Gasteiger partial charge in [0.15, 0.2) is 5.66 Å². The average molecular weight is 527 g/mol. The van der Waals surface area contributed by atoms with Crippen LogP contribution in [0.1, 0.15) is 57.1 Å². The molecule has 0 aliphatic rings. The van der Waals surface area contributed by atoms with Gasteiger partial charge in [-0.1, -0.05) is 62.4 Å². The number of esters is 1. The summed E-state index contributed by atoms with van der Waals surface area (Å²) in [6.07, 6.45) is -1.23. The predicted octanol–water partition coefficient (Wildman–Crippen LogP) is 6.56. The fourth-order valence-electron chi connectivity index (χ4n) is 3.85. The van der Waals surface area contributed by atoms with E-state index in [2.05, 4.69) is 0 Å². The third-order valence-electron chi connectivity index (χ3n) is 5.40. The number of carbonyl (C=O) groups excluding carboxylic acids is 1. The molecule has 0 saturated heterocycles. The van der Waals surface area contributed by atoms with E-state index in [0.29, 0.717) is 0 Å². The third-order valence-corrected chi connectivity index (χ3v) is 10.0. The number of aliphatic hydroxyl groups is 1. The van der Waals surface area contributed by atoms with Gasteiger partial charge in [0.2, 0.25) is 0 Å². The summed E-state index contributed by atoms with van der Waals surface area (Å²) in [6, 6.07) is 15.2. The van der Waals surface area contributed by atoms with Crippen molar-refractivity contribution in [3.8, 4) is 0 Å². The molecule has 35 heavy (non-hydrogen) atoms. The minimum atomic E-state index is -3.94. The Labute approximate surface area is 212 Å². The Bertz CT molecular complexity index is 963. The molecular formula is C26H36FO6PS. The van der Waals surface area contributed by atoms with E-state index in [1.165, 1.54) is 23.9 Å². The van der Waals surface area contributed by atoms with Gasteiger partial charge in [0.05, 0.1) is 31.2 Å². The van der Waals surface area contributed by atoms with Crippen LogP contribution in [0.5, 0.6) is 0 Å². The van der Waals surface area contributed by atoms with Crippen LogP contribution in [0.25, 0.3) is 0 Å². The summed E-state index contributed by atoms with van der Waals surface area (Å²) < 4.78 is 45.0. The van der Waals surface area contributed by atoms with Crippen molar-refractivity contribution in [3.05, 3.63) is 71.5 Å². The Morgan fingerprint density at radius 1 is 0.971 bits per heavy atom. The molecule has 4 atom stereocenters. The molecule has 4 unspecified atom stereocenters. The van der Waals surface area contributed by atoms with Gasteiger partial charge in [0.1, 0.15) is 5.82 Å². The predicted molar refractivity (Wildman–Crippen MR) is 138 cm³/mol. The molecule has 1 N–H and O–H groups in total. The Hall–Kier alpha value is -1.70. The second-order valence-electron chi connectivity index (χ2n) is 8.21. The molecule has 0 fully saturated rings. The lowest BCUT2D eigenvalue weighted by atomic mass is 10.0. The molecule has 2 rings (SSSR count). The summed E-state index contributed by atoms with van der Waals surface area (Å²) in [5, 5.41) is 10.1. The van der Waals surface area contributed by atoms with Crippen molar-refractivity contribution in [2.24, 2.45) is 5.92 Å². The Kier molecular flexibility index (Phi) is 11.9. The second-order valence-corrected chi connectivity index (χ2v) is 11.7. The standard InChI is InChI=1S/C26H36FO6PS/c1-6-31-26(29)23(34(30,32-7-2)33-8-3)24(18(4)5)35-25(19-14-10-9-11-15-19)22(28)20-16-12-13-17-21(20)27/h9-18,22-25,28H,6-8H2,1-5H3. The smallest absolute Gasteiger partial charge is 0.346 e. The molecule has 0 aliphatic heterocycles. The zero-order valence-corrected chi connectivity index (χ0v) is 22.6. The van der Waals surface area contributed by atoms with E-state index in [4.69, 9.17) is 13.8 Å². The van der Waals surface area contributed by atoms with Crippen LogP contribution in [0.3, 0.4) is 0 Å². The lowest BCUT2D eigenvalue weighted by Crippen LogP contribution is -2.39. The quantitative estimate of drug-likeness (QED) is 0.221. The topological polar surface area (TPSA) is 82.1 Å². The van der Waals surface area contributed by atoms with Gasteiger partial charge in [-0.2, -0.15) is 0 Å². The van der Waals surface area contributed by atoms with E-state index in [9.17, 15) is 18.9 Å². The van der Waals surface area contributed by atoms with Crippen LogP contribution in [0.2, 0.25) is 0 Å². The molecule has 0 heterocycles. The van der Waals surface area contributed by atoms with E-state index in [1.807, 2.05) is 44.2 Å². The molecule has 0 aliphatic carbocycles. The van der Waals surface area contributed by atoms with Gasteiger partial charge >= 0.3 is 13.6 Å². The highest BCUT2D eigenvalue weighted by Gasteiger charge is 2.50. The Morgan fingerprint density at radius 2 is 1.54 bits per heavy atom. The molecule has 0 radical (unpaired) electrons. The molecule has 0 spiro atoms. The maximum Gasteiger partial charge on any atom is 0.346 e. The number of hydrogen-bond acceptors (Lipinski definition) is 7. The molecule has 0 amide bonds. The van der Waals surface area contributed by atoms with Crippen LogP contribution in [0.15, 0.2) is 54.6 Å². The van der Waals surface area contributed by atoms with Crippen LogP contribution < -0.4 is 0 Å². The van der Waals surface area contributed by atoms with Crippen molar-refractivity contribution in [1.29, 1.82) is 0 Å². The van der Waals surface area contributed by atoms with Crippen LogP contribution >= 0.6 is 19.4 Å². The van der Waals surface area contributed by atoms with Crippen molar-refractivity contribution >= 4 is 25.3 Å². The van der Waals surface area contributed by atoms with Crippen molar-refractivity contribution in [2.45, 2.75) is 56.9 Å². The molecule has 6 nitrogen and oxygen atoms in total. The van der Waals surface area contributed by atoms with Gasteiger partial charge in [0, 0.05) is 10.8 Å². The molecule has 9 heteroatoms. The number of rotatable bonds is 14. The highest BCUT2D eigenvalue weighted by Crippen LogP contribution is 2.59. The Morgan fingerprint density at radius 3 is 2.06 bits per heavy atom. The summed E-state index contributed by atoms with van der Waals surface area (Å²) in [7, 11) is -3.94. The van der Waals surface area contributed by atoms with Gasteiger partial charge in [-0.25, -0.2) is 4.39 Å². The average Bonchev–Trinajstić information content (AvgIpc) is 2.82. The summed E-state index contributed by atoms with van der Waals surface area (Å²) in [5.41, 5.74) is -0.350. The molecule has 194 valence electrons. The molecule has 0 bridgehead atoms. The Balaban J connectivity index is 2.61. The fourth-order valence-corrected chi connectivity index (χ4v) is 8.18. The first-order valence-electron chi connectivity index (χ1n) is 11.9. The van der Waals surface area contributed by atoms with Crippen LogP contribution in [-0.4, -0.2) is 41.8 Å². The van der Waals surface area contributed by atoms with Crippen molar-refractivity contribution in [3.63, 3.8) is 0 Å². The monoisotopic (exact) mass is 526 g/mol. The van der Waals surface area contributed by atoms with E-state index in [1.54, 1.807) is 32.9 Å². The molecule has 0 aromatic heterocycles. The SMILES string of the molecule is CCOC(=O)C(C(SC(c1ccccc1)C(O)c1ccccc1F)C(C)C)P(=O)(OCC)OCC. The maximum absolute atomic E-state index is 14.7. The largest absolute Gasteiger partial charge is 0.465 e. The highest BCUT2D eigenvalue weighted by molar-refractivity contribution is 8.00. The maximum atomic E-state index is 14.7. The van der Waals surface area contributed by atoms with Crippen molar-refractivity contribution in [2.75, 3.05) is 19.8 Å². The zero-order valence-electron chi connectivity index (χ0n) is 20.9. The van der Waals surface area contributed by atoms with Gasteiger partial charge in [-0.05, 0) is 38.3 Å². The first-order chi connectivity index (χ1) is 16.7. The van der Waals surface area contributed by atoms with Crippen molar-refractivity contribution < 1.29 is 32.6 Å². The van der Waals surface area contributed by atoms with Crippen LogP contribution in [0.4, 0.5) is 4.39 Å². The second kappa shape index (κ2) is 14.1. The van der Waals surface area contributed by atoms with E-state index in [-0.39, 0.29) is 31.3 Å². The third kappa shape index (κ3) is 7.64. The summed E-state index contributed by atoms with van der Waals surface area (Å²) in [4.78, 5) is 13.2. The summed E-state index contributed by atoms with van der Waals surface area (Å²) in [6.45, 7) is 9.09.